The zero-order chi connectivity index (χ0) is 16.5. The molecule has 0 spiro atoms. The Morgan fingerprint density at radius 1 is 1.41 bits per heavy atom. The molecule has 0 aliphatic heterocycles. The Kier molecular flexibility index (Phi) is 7.12. The van der Waals surface area contributed by atoms with E-state index in [-0.39, 0.29) is 18.5 Å². The second kappa shape index (κ2) is 8.84. The predicted octanol–water partition coefficient (Wildman–Crippen LogP) is 1.70. The molecule has 6 nitrogen and oxygen atoms in total. The second-order valence-corrected chi connectivity index (χ2v) is 4.88. The molecule has 1 atom stereocenters. The zero-order valence-electron chi connectivity index (χ0n) is 13.3. The van der Waals surface area contributed by atoms with Crippen LogP contribution in [-0.4, -0.2) is 44.1 Å². The molecule has 0 radical (unpaired) electrons. The molecule has 22 heavy (non-hydrogen) atoms. The van der Waals surface area contributed by atoms with Crippen molar-refractivity contribution in [1.82, 2.24) is 15.5 Å². The summed E-state index contributed by atoms with van der Waals surface area (Å²) in [4.78, 5) is 25.1. The molecule has 0 aliphatic carbocycles. The molecule has 0 aromatic heterocycles. The minimum absolute atomic E-state index is 0.0295. The molecule has 0 unspecified atom stereocenters. The van der Waals surface area contributed by atoms with Crippen LogP contribution >= 0.6 is 0 Å². The van der Waals surface area contributed by atoms with Crippen molar-refractivity contribution < 1.29 is 14.3 Å². The van der Waals surface area contributed by atoms with Gasteiger partial charge in [0.1, 0.15) is 5.75 Å². The van der Waals surface area contributed by atoms with Gasteiger partial charge in [-0.25, -0.2) is 4.79 Å². The Balaban J connectivity index is 2.60. The first-order chi connectivity index (χ1) is 10.5. The number of hydrogen-bond acceptors (Lipinski definition) is 4. The lowest BCUT2D eigenvalue weighted by Gasteiger charge is -2.25. The number of carbonyl (C=O) groups excluding carboxylic acids is 2. The van der Waals surface area contributed by atoms with E-state index in [0.717, 1.165) is 11.3 Å². The number of urea groups is 1. The summed E-state index contributed by atoms with van der Waals surface area (Å²) in [5.74, 6) is 0.400. The number of likely N-dealkylation sites (N-methyl/N-ethyl adjacent to an activating group) is 1. The Hall–Kier alpha value is -2.34. The van der Waals surface area contributed by atoms with Crippen LogP contribution in [0.25, 0.3) is 0 Å². The maximum Gasteiger partial charge on any atom is 0.321 e. The molecule has 1 aromatic rings. The van der Waals surface area contributed by atoms with Crippen LogP contribution in [-0.2, 0) is 4.79 Å². The number of rotatable bonds is 7. The van der Waals surface area contributed by atoms with Crippen molar-refractivity contribution in [2.24, 2.45) is 0 Å². The summed E-state index contributed by atoms with van der Waals surface area (Å²) in [6.45, 7) is 5.87. The Morgan fingerprint density at radius 2 is 2.09 bits per heavy atom. The van der Waals surface area contributed by atoms with Crippen LogP contribution < -0.4 is 15.4 Å². The fraction of sp³-hybridized carbons (Fsp3) is 0.375. The lowest BCUT2D eigenvalue weighted by atomic mass is 10.1. The van der Waals surface area contributed by atoms with Crippen molar-refractivity contribution in [3.05, 3.63) is 42.5 Å². The number of para-hydroxylation sites is 1. The summed E-state index contributed by atoms with van der Waals surface area (Å²) in [6, 6.07) is 7.09. The number of imide groups is 1. The number of ether oxygens (including phenoxy) is 1. The smallest absolute Gasteiger partial charge is 0.321 e. The number of methoxy groups -OCH3 is 1. The molecule has 120 valence electrons. The molecule has 0 saturated heterocycles. The third kappa shape index (κ3) is 5.21. The molecule has 1 rings (SSSR count). The maximum atomic E-state index is 11.8. The highest BCUT2D eigenvalue weighted by atomic mass is 16.5. The highest BCUT2D eigenvalue weighted by Crippen LogP contribution is 2.27. The Morgan fingerprint density at radius 3 is 2.73 bits per heavy atom. The lowest BCUT2D eigenvalue weighted by molar-refractivity contribution is -0.121. The van der Waals surface area contributed by atoms with E-state index in [1.807, 2.05) is 43.1 Å². The summed E-state index contributed by atoms with van der Waals surface area (Å²) in [5.41, 5.74) is 0.983. The monoisotopic (exact) mass is 305 g/mol. The maximum absolute atomic E-state index is 11.8. The van der Waals surface area contributed by atoms with E-state index >= 15 is 0 Å². The molecular formula is C16H23N3O3. The van der Waals surface area contributed by atoms with Gasteiger partial charge in [-0.2, -0.15) is 0 Å². The third-order valence-electron chi connectivity index (χ3n) is 3.30. The topological polar surface area (TPSA) is 70.7 Å². The number of amides is 3. The van der Waals surface area contributed by atoms with Gasteiger partial charge in [0, 0.05) is 18.2 Å². The molecular weight excluding hydrogens is 282 g/mol. The molecule has 0 bridgehead atoms. The Bertz CT molecular complexity index is 531. The van der Waals surface area contributed by atoms with Gasteiger partial charge in [0.05, 0.1) is 13.7 Å². The van der Waals surface area contributed by atoms with Crippen LogP contribution in [0.3, 0.4) is 0 Å². The van der Waals surface area contributed by atoms with Gasteiger partial charge in [0.2, 0.25) is 5.91 Å². The molecule has 6 heteroatoms. The van der Waals surface area contributed by atoms with Crippen molar-refractivity contribution >= 4 is 11.9 Å². The van der Waals surface area contributed by atoms with Crippen LogP contribution in [0, 0.1) is 0 Å². The minimum Gasteiger partial charge on any atom is -0.496 e. The number of nitrogens with zero attached hydrogens (tertiary/aromatic N) is 1. The van der Waals surface area contributed by atoms with Crippen molar-refractivity contribution in [3.63, 3.8) is 0 Å². The number of carbonyl (C=O) groups is 2. The minimum atomic E-state index is -0.525. The second-order valence-electron chi connectivity index (χ2n) is 4.88. The van der Waals surface area contributed by atoms with Crippen LogP contribution in [0.5, 0.6) is 5.75 Å². The number of nitrogens with one attached hydrogen (secondary N) is 2. The molecule has 3 amide bonds. The highest BCUT2D eigenvalue weighted by molar-refractivity contribution is 5.95. The molecule has 0 heterocycles. The lowest BCUT2D eigenvalue weighted by Crippen LogP contribution is -2.44. The summed E-state index contributed by atoms with van der Waals surface area (Å²) >= 11 is 0. The van der Waals surface area contributed by atoms with E-state index in [2.05, 4.69) is 17.2 Å². The van der Waals surface area contributed by atoms with E-state index < -0.39 is 6.03 Å². The molecule has 0 aliphatic rings. The van der Waals surface area contributed by atoms with Crippen molar-refractivity contribution in [1.29, 1.82) is 0 Å². The third-order valence-corrected chi connectivity index (χ3v) is 3.30. The van der Waals surface area contributed by atoms with Crippen LogP contribution in [0.4, 0.5) is 4.79 Å². The molecule has 0 fully saturated rings. The van der Waals surface area contributed by atoms with E-state index in [1.165, 1.54) is 0 Å². The van der Waals surface area contributed by atoms with Gasteiger partial charge in [-0.05, 0) is 20.0 Å². The normalized spacial score (nSPS) is 11.6. The van der Waals surface area contributed by atoms with E-state index in [1.54, 1.807) is 13.2 Å². The Labute approximate surface area is 131 Å². The molecule has 2 N–H and O–H groups in total. The largest absolute Gasteiger partial charge is 0.496 e. The fourth-order valence-corrected chi connectivity index (χ4v) is 1.99. The number of hydrogen-bond donors (Lipinski definition) is 2. The zero-order valence-corrected chi connectivity index (χ0v) is 13.3. The van der Waals surface area contributed by atoms with Gasteiger partial charge < -0.3 is 10.1 Å². The molecule has 1 aromatic carbocycles. The first-order valence-corrected chi connectivity index (χ1v) is 7.01. The number of benzene rings is 1. The van der Waals surface area contributed by atoms with Crippen molar-refractivity contribution in [2.45, 2.75) is 13.0 Å². The summed E-state index contributed by atoms with van der Waals surface area (Å²) in [6.07, 6.45) is 1.54. The average Bonchev–Trinajstić information content (AvgIpc) is 2.51. The van der Waals surface area contributed by atoms with Gasteiger partial charge in [0.25, 0.3) is 0 Å². The fourth-order valence-electron chi connectivity index (χ4n) is 1.99. The summed E-state index contributed by atoms with van der Waals surface area (Å²) in [5, 5.41) is 4.76. The van der Waals surface area contributed by atoms with Crippen LogP contribution in [0.15, 0.2) is 36.9 Å². The van der Waals surface area contributed by atoms with Crippen molar-refractivity contribution in [2.75, 3.05) is 27.2 Å². The van der Waals surface area contributed by atoms with Gasteiger partial charge in [-0.15, -0.1) is 6.58 Å². The van der Waals surface area contributed by atoms with Crippen LogP contribution in [0.1, 0.15) is 18.5 Å². The first-order valence-electron chi connectivity index (χ1n) is 7.01. The quantitative estimate of drug-likeness (QED) is 0.752. The van der Waals surface area contributed by atoms with Gasteiger partial charge in [-0.1, -0.05) is 24.3 Å². The average molecular weight is 305 g/mol. The highest BCUT2D eigenvalue weighted by Gasteiger charge is 2.18. The SMILES string of the molecule is C=CCNC(=O)NC(=O)CN(C)[C@@H](C)c1ccccc1OC. The van der Waals surface area contributed by atoms with Gasteiger partial charge >= 0.3 is 6.03 Å². The van der Waals surface area contributed by atoms with Crippen LogP contribution in [0.2, 0.25) is 0 Å². The summed E-state index contributed by atoms with van der Waals surface area (Å²) in [7, 11) is 3.43. The van der Waals surface area contributed by atoms with Gasteiger partial charge in [0.15, 0.2) is 0 Å². The first kappa shape index (κ1) is 17.7. The van der Waals surface area contributed by atoms with E-state index in [9.17, 15) is 9.59 Å². The predicted molar refractivity (Wildman–Crippen MR) is 85.8 cm³/mol. The summed E-state index contributed by atoms with van der Waals surface area (Å²) < 4.78 is 5.33. The van der Waals surface area contributed by atoms with E-state index in [4.69, 9.17) is 4.74 Å². The van der Waals surface area contributed by atoms with Gasteiger partial charge in [-0.3, -0.25) is 15.0 Å². The van der Waals surface area contributed by atoms with E-state index in [0.29, 0.717) is 6.54 Å². The standard InChI is InChI=1S/C16H23N3O3/c1-5-10-17-16(21)18-15(20)11-19(3)12(2)13-8-6-7-9-14(13)22-4/h5-9,12H,1,10-11H2,2-4H3,(H2,17,18,20,21)/t12-/m0/s1. The molecule has 0 saturated carbocycles. The van der Waals surface area contributed by atoms with Crippen molar-refractivity contribution in [3.8, 4) is 5.75 Å².